The van der Waals surface area contributed by atoms with Crippen LogP contribution in [0.2, 0.25) is 20.1 Å². The minimum absolute atomic E-state index is 0.175. The van der Waals surface area contributed by atoms with Crippen molar-refractivity contribution >= 4 is 79.5 Å². The normalized spacial score (nSPS) is 11.0. The summed E-state index contributed by atoms with van der Waals surface area (Å²) in [6, 6.07) is 18.3. The molecule has 57 heavy (non-hydrogen) atoms. The van der Waals surface area contributed by atoms with Crippen LogP contribution < -0.4 is 21.4 Å². The van der Waals surface area contributed by atoms with Crippen molar-refractivity contribution in [2.24, 2.45) is 0 Å². The van der Waals surface area contributed by atoms with Crippen LogP contribution >= 0.6 is 46.4 Å². The van der Waals surface area contributed by atoms with E-state index in [1.165, 1.54) is 19.0 Å². The molecule has 0 fully saturated rings. The van der Waals surface area contributed by atoms with Gasteiger partial charge < -0.3 is 19.7 Å². The smallest absolute Gasteiger partial charge is 0.261 e. The first-order valence-electron chi connectivity index (χ1n) is 16.8. The summed E-state index contributed by atoms with van der Waals surface area (Å²) in [5, 5.41) is 16.4. The van der Waals surface area contributed by atoms with Crippen LogP contribution in [0.5, 0.6) is 5.75 Å². The van der Waals surface area contributed by atoms with E-state index in [2.05, 4.69) is 45.2 Å². The number of nitrogens with zero attached hydrogens (tertiary/aromatic N) is 9. The minimum atomic E-state index is -0.221. The number of hydrogen-bond donors (Lipinski definition) is 3. The van der Waals surface area contributed by atoms with E-state index in [1.54, 1.807) is 70.1 Å². The van der Waals surface area contributed by atoms with Crippen LogP contribution in [-0.2, 0) is 19.6 Å². The molecular weight excluding hydrogens is 818 g/mol. The first-order valence-corrected chi connectivity index (χ1v) is 18.3. The van der Waals surface area contributed by atoms with Crippen LogP contribution in [0.3, 0.4) is 0 Å². The van der Waals surface area contributed by atoms with E-state index in [-0.39, 0.29) is 16.7 Å². The number of nitrogens with one attached hydrogen (secondary N) is 3. The number of fused-ring (bicyclic) bond motifs is 3. The summed E-state index contributed by atoms with van der Waals surface area (Å²) in [5.74, 6) is 0.812. The van der Waals surface area contributed by atoms with Crippen molar-refractivity contribution in [1.82, 2.24) is 59.2 Å². The lowest BCUT2D eigenvalue weighted by molar-refractivity contribution is 0.414. The molecule has 0 saturated heterocycles. The van der Waals surface area contributed by atoms with Crippen LogP contribution in [0.4, 0.5) is 0 Å². The molecule has 0 saturated carbocycles. The molecule has 3 aromatic carbocycles. The fourth-order valence-corrected chi connectivity index (χ4v) is 6.51. The lowest BCUT2D eigenvalue weighted by Crippen LogP contribution is -2.04. The lowest BCUT2D eigenvalue weighted by Gasteiger charge is -2.06. The van der Waals surface area contributed by atoms with Gasteiger partial charge in [0.15, 0.2) is 16.9 Å². The Morgan fingerprint density at radius 3 is 1.51 bits per heavy atom. The maximum Gasteiger partial charge on any atom is 0.261 e. The molecular formula is C37H28Cl4N12O4. The standard InChI is InChI=1S/C13H12N4O2.2C12H8Cl2N4O/c1-19-10-4-2-9(3-5-10)6-17-7-11-12(16-17)14-8-15-13(11)18;13-8-2-1-7(10(14)3-8)4-18-5-9-11(17-18)15-6-16-12(9)19;13-9-2-1-3-10(14)7(9)4-18-5-8-11(17-18)15-6-16-12(8)19/h2-5,7-8H,6H2,1H3,(H,14,15,16,18);2*1-3,5-6H,4H2,(H,15,16,17,19). The van der Waals surface area contributed by atoms with E-state index in [4.69, 9.17) is 51.1 Å². The Labute approximate surface area is 340 Å². The number of aromatic nitrogens is 12. The molecule has 0 radical (unpaired) electrons. The highest BCUT2D eigenvalue weighted by Gasteiger charge is 2.11. The lowest BCUT2D eigenvalue weighted by atomic mass is 10.2. The molecule has 0 unspecified atom stereocenters. The number of benzene rings is 3. The summed E-state index contributed by atoms with van der Waals surface area (Å²) in [6.45, 7) is 1.42. The molecule has 20 heteroatoms. The van der Waals surface area contributed by atoms with Crippen molar-refractivity contribution in [2.45, 2.75) is 19.6 Å². The minimum Gasteiger partial charge on any atom is -0.497 e. The molecule has 0 atom stereocenters. The molecule has 0 aliphatic carbocycles. The fourth-order valence-electron chi connectivity index (χ4n) is 5.52. The number of rotatable bonds is 7. The zero-order valence-corrected chi connectivity index (χ0v) is 32.6. The third-order valence-corrected chi connectivity index (χ3v) is 9.64. The molecule has 6 heterocycles. The highest BCUT2D eigenvalue weighted by molar-refractivity contribution is 6.36. The van der Waals surface area contributed by atoms with Gasteiger partial charge in [0.25, 0.3) is 16.7 Å². The molecule has 288 valence electrons. The number of aromatic amines is 3. The van der Waals surface area contributed by atoms with Gasteiger partial charge in [-0.1, -0.05) is 70.7 Å². The highest BCUT2D eigenvalue weighted by Crippen LogP contribution is 2.25. The maximum absolute atomic E-state index is 11.6. The van der Waals surface area contributed by atoms with Gasteiger partial charge in [0.05, 0.1) is 45.7 Å². The van der Waals surface area contributed by atoms with Gasteiger partial charge in [-0.2, -0.15) is 15.3 Å². The van der Waals surface area contributed by atoms with E-state index in [1.807, 2.05) is 30.3 Å². The van der Waals surface area contributed by atoms with Crippen molar-refractivity contribution in [3.8, 4) is 5.75 Å². The van der Waals surface area contributed by atoms with Crippen molar-refractivity contribution in [1.29, 1.82) is 0 Å². The first-order chi connectivity index (χ1) is 27.5. The van der Waals surface area contributed by atoms with Gasteiger partial charge in [-0.25, -0.2) is 15.0 Å². The average Bonchev–Trinajstić information content (AvgIpc) is 3.93. The van der Waals surface area contributed by atoms with Gasteiger partial charge in [-0.05, 0) is 47.5 Å². The summed E-state index contributed by atoms with van der Waals surface area (Å²) in [6.07, 6.45) is 8.98. The summed E-state index contributed by atoms with van der Waals surface area (Å²) in [7, 11) is 1.63. The molecule has 0 amide bonds. The fraction of sp³-hybridized carbons (Fsp3) is 0.108. The second-order valence-electron chi connectivity index (χ2n) is 12.2. The number of H-pyrrole nitrogens is 3. The van der Waals surface area contributed by atoms with E-state index < -0.39 is 0 Å². The number of methoxy groups -OCH3 is 1. The molecule has 0 spiro atoms. The second kappa shape index (κ2) is 17.2. The van der Waals surface area contributed by atoms with Gasteiger partial charge in [-0.3, -0.25) is 28.4 Å². The monoisotopic (exact) mass is 844 g/mol. The molecule has 0 bridgehead atoms. The zero-order chi connectivity index (χ0) is 40.1. The van der Waals surface area contributed by atoms with Crippen LogP contribution in [0.25, 0.3) is 33.1 Å². The van der Waals surface area contributed by atoms with Crippen LogP contribution in [0.15, 0.2) is 113 Å². The molecule has 16 nitrogen and oxygen atoms in total. The van der Waals surface area contributed by atoms with E-state index in [9.17, 15) is 14.4 Å². The Morgan fingerprint density at radius 2 is 1.05 bits per heavy atom. The van der Waals surface area contributed by atoms with Gasteiger partial charge >= 0.3 is 0 Å². The van der Waals surface area contributed by atoms with Crippen molar-refractivity contribution in [2.75, 3.05) is 7.11 Å². The van der Waals surface area contributed by atoms with Crippen molar-refractivity contribution < 1.29 is 4.74 Å². The molecule has 9 rings (SSSR count). The molecule has 9 aromatic rings. The van der Waals surface area contributed by atoms with Gasteiger partial charge in [0.2, 0.25) is 0 Å². The van der Waals surface area contributed by atoms with Crippen LogP contribution in [-0.4, -0.2) is 66.4 Å². The Bertz CT molecular complexity index is 3010. The molecule has 3 N–H and O–H groups in total. The maximum atomic E-state index is 11.6. The summed E-state index contributed by atoms with van der Waals surface area (Å²) in [4.78, 5) is 54.3. The Kier molecular flexibility index (Phi) is 11.8. The zero-order valence-electron chi connectivity index (χ0n) is 29.5. The predicted octanol–water partition coefficient (Wildman–Crippen LogP) is 6.13. The summed E-state index contributed by atoms with van der Waals surface area (Å²) >= 11 is 24.1. The highest BCUT2D eigenvalue weighted by atomic mass is 35.5. The second-order valence-corrected chi connectivity index (χ2v) is 13.8. The Hall–Kier alpha value is -6.33. The van der Waals surface area contributed by atoms with Crippen LogP contribution in [0, 0.1) is 0 Å². The molecule has 0 aliphatic heterocycles. The van der Waals surface area contributed by atoms with E-state index >= 15 is 0 Å². The van der Waals surface area contributed by atoms with Gasteiger partial charge in [0, 0.05) is 44.2 Å². The quantitative estimate of drug-likeness (QED) is 0.168. The largest absolute Gasteiger partial charge is 0.497 e. The first kappa shape index (κ1) is 38.9. The number of ether oxygens (including phenoxy) is 1. The number of halogens is 4. The van der Waals surface area contributed by atoms with Gasteiger partial charge in [-0.15, -0.1) is 0 Å². The third-order valence-electron chi connectivity index (χ3n) is 8.34. The SMILES string of the molecule is COc1ccc(Cn2cc3c(=O)[nH]cnc3n2)cc1.O=c1[nH]cnc2nn(Cc3c(Cl)cccc3Cl)cc12.O=c1[nH]cnc2nn(Cc3ccc(Cl)cc3Cl)cc12. The van der Waals surface area contributed by atoms with Crippen LogP contribution in [0.1, 0.15) is 16.7 Å². The predicted molar refractivity (Wildman–Crippen MR) is 218 cm³/mol. The topological polar surface area (TPSA) is 200 Å². The molecule has 6 aromatic heterocycles. The summed E-state index contributed by atoms with van der Waals surface area (Å²) < 4.78 is 10.0. The number of hydrogen-bond acceptors (Lipinski definition) is 10. The summed E-state index contributed by atoms with van der Waals surface area (Å²) in [5.41, 5.74) is 3.36. The molecule has 0 aliphatic rings. The Morgan fingerprint density at radius 1 is 0.579 bits per heavy atom. The van der Waals surface area contributed by atoms with E-state index in [0.29, 0.717) is 72.8 Å². The van der Waals surface area contributed by atoms with Gasteiger partial charge in [0.1, 0.15) is 21.9 Å². The van der Waals surface area contributed by atoms with E-state index in [0.717, 1.165) is 22.4 Å². The van der Waals surface area contributed by atoms with Crippen molar-refractivity contribution in [3.05, 3.63) is 166 Å². The average molecular weight is 847 g/mol. The third kappa shape index (κ3) is 9.22. The van der Waals surface area contributed by atoms with Crippen molar-refractivity contribution in [3.63, 3.8) is 0 Å². The Balaban J connectivity index is 0.000000131.